The number of aliphatic hydroxyl groups excluding tert-OH is 1. The highest BCUT2D eigenvalue weighted by Gasteiger charge is 2.24. The summed E-state index contributed by atoms with van der Waals surface area (Å²) >= 11 is 7.67. The summed E-state index contributed by atoms with van der Waals surface area (Å²) in [4.78, 5) is 15.0. The van der Waals surface area contributed by atoms with Crippen LogP contribution in [-0.4, -0.2) is 35.6 Å². The van der Waals surface area contributed by atoms with E-state index in [2.05, 4.69) is 28.6 Å². The SMILES string of the molecule is O=C(c1cc(S)ccc1Br)N1CCC(CO)CC1. The molecule has 1 fully saturated rings. The van der Waals surface area contributed by atoms with Crippen molar-refractivity contribution in [2.75, 3.05) is 19.7 Å². The third-order valence-electron chi connectivity index (χ3n) is 3.34. The lowest BCUT2D eigenvalue weighted by molar-refractivity contribution is 0.0649. The van der Waals surface area contributed by atoms with Crippen molar-refractivity contribution in [1.82, 2.24) is 4.90 Å². The Hall–Kier alpha value is -0.520. The van der Waals surface area contributed by atoms with Crippen LogP contribution in [0.5, 0.6) is 0 Å². The second-order valence-electron chi connectivity index (χ2n) is 4.58. The monoisotopic (exact) mass is 329 g/mol. The van der Waals surface area contributed by atoms with Crippen molar-refractivity contribution in [3.8, 4) is 0 Å². The molecular formula is C13H16BrNO2S. The molecule has 1 amide bonds. The molecule has 1 aliphatic heterocycles. The first-order chi connectivity index (χ1) is 8.61. The summed E-state index contributed by atoms with van der Waals surface area (Å²) in [6.45, 7) is 1.65. The molecular weight excluding hydrogens is 314 g/mol. The summed E-state index contributed by atoms with van der Waals surface area (Å²) in [6, 6.07) is 5.48. The molecule has 5 heteroatoms. The van der Waals surface area contributed by atoms with Crippen LogP contribution < -0.4 is 0 Å². The first kappa shape index (κ1) is 13.9. The maximum Gasteiger partial charge on any atom is 0.255 e. The standard InChI is InChI=1S/C13H16BrNO2S/c14-12-2-1-10(18)7-11(12)13(17)15-5-3-9(8-16)4-6-15/h1-2,7,9,16,18H,3-6,8H2. The van der Waals surface area contributed by atoms with Gasteiger partial charge in [0.15, 0.2) is 0 Å². The van der Waals surface area contributed by atoms with Gasteiger partial charge in [0, 0.05) is 29.1 Å². The van der Waals surface area contributed by atoms with Crippen LogP contribution in [0.1, 0.15) is 23.2 Å². The zero-order valence-electron chi connectivity index (χ0n) is 9.97. The van der Waals surface area contributed by atoms with E-state index in [4.69, 9.17) is 5.11 Å². The zero-order valence-corrected chi connectivity index (χ0v) is 12.5. The smallest absolute Gasteiger partial charge is 0.255 e. The van der Waals surface area contributed by atoms with Crippen LogP contribution in [0.15, 0.2) is 27.6 Å². The van der Waals surface area contributed by atoms with Crippen LogP contribution in [0.2, 0.25) is 0 Å². The minimum absolute atomic E-state index is 0.0363. The highest BCUT2D eigenvalue weighted by Crippen LogP contribution is 2.24. The van der Waals surface area contributed by atoms with Gasteiger partial charge in [-0.05, 0) is 52.9 Å². The first-order valence-electron chi connectivity index (χ1n) is 6.00. The summed E-state index contributed by atoms with van der Waals surface area (Å²) in [5.74, 6) is 0.378. The molecule has 3 nitrogen and oxygen atoms in total. The number of carbonyl (C=O) groups excluding carboxylic acids is 1. The van der Waals surface area contributed by atoms with Gasteiger partial charge in [-0.3, -0.25) is 4.79 Å². The average Bonchev–Trinajstić information content (AvgIpc) is 2.41. The van der Waals surface area contributed by atoms with E-state index >= 15 is 0 Å². The molecule has 1 aromatic rings. The van der Waals surface area contributed by atoms with Crippen molar-refractivity contribution >= 4 is 34.5 Å². The predicted molar refractivity (Wildman–Crippen MR) is 77.1 cm³/mol. The molecule has 2 rings (SSSR count). The molecule has 98 valence electrons. The van der Waals surface area contributed by atoms with Gasteiger partial charge in [-0.25, -0.2) is 0 Å². The molecule has 1 saturated heterocycles. The van der Waals surface area contributed by atoms with E-state index in [1.165, 1.54) is 0 Å². The van der Waals surface area contributed by atoms with Crippen LogP contribution in [-0.2, 0) is 0 Å². The summed E-state index contributed by atoms with van der Waals surface area (Å²) < 4.78 is 0.801. The lowest BCUT2D eigenvalue weighted by atomic mass is 9.97. The number of thiol groups is 1. The number of hydrogen-bond donors (Lipinski definition) is 2. The molecule has 0 radical (unpaired) electrons. The van der Waals surface area contributed by atoms with Crippen LogP contribution in [0.25, 0.3) is 0 Å². The van der Waals surface area contributed by atoms with Crippen molar-refractivity contribution in [2.45, 2.75) is 17.7 Å². The Morgan fingerprint density at radius 2 is 2.11 bits per heavy atom. The Kier molecular flexibility index (Phi) is 4.70. The van der Waals surface area contributed by atoms with Gasteiger partial charge in [0.1, 0.15) is 0 Å². The van der Waals surface area contributed by atoms with E-state index in [0.717, 1.165) is 22.2 Å². The lowest BCUT2D eigenvalue weighted by Crippen LogP contribution is -2.39. The number of nitrogens with zero attached hydrogens (tertiary/aromatic N) is 1. The summed E-state index contributed by atoms with van der Waals surface area (Å²) in [5.41, 5.74) is 0.657. The fourth-order valence-electron chi connectivity index (χ4n) is 2.17. The molecule has 0 saturated carbocycles. The highest BCUT2D eigenvalue weighted by atomic mass is 79.9. The van der Waals surface area contributed by atoms with Crippen molar-refractivity contribution in [1.29, 1.82) is 0 Å². The van der Waals surface area contributed by atoms with Crippen molar-refractivity contribution in [3.63, 3.8) is 0 Å². The van der Waals surface area contributed by atoms with Gasteiger partial charge in [-0.2, -0.15) is 0 Å². The van der Waals surface area contributed by atoms with Gasteiger partial charge in [-0.1, -0.05) is 0 Å². The van der Waals surface area contributed by atoms with Crippen molar-refractivity contribution < 1.29 is 9.90 Å². The summed E-state index contributed by atoms with van der Waals surface area (Å²) in [5, 5.41) is 9.09. The fraction of sp³-hybridized carbons (Fsp3) is 0.462. The number of aliphatic hydroxyl groups is 1. The Bertz CT molecular complexity index is 445. The van der Waals surface area contributed by atoms with Gasteiger partial charge in [0.2, 0.25) is 0 Å². The topological polar surface area (TPSA) is 40.5 Å². The maximum absolute atomic E-state index is 12.4. The normalized spacial score (nSPS) is 16.9. The minimum Gasteiger partial charge on any atom is -0.396 e. The van der Waals surface area contributed by atoms with Gasteiger partial charge in [-0.15, -0.1) is 12.6 Å². The first-order valence-corrected chi connectivity index (χ1v) is 7.24. The van der Waals surface area contributed by atoms with Gasteiger partial charge in [0.05, 0.1) is 5.56 Å². The maximum atomic E-state index is 12.4. The van der Waals surface area contributed by atoms with Crippen molar-refractivity contribution in [2.24, 2.45) is 5.92 Å². The van der Waals surface area contributed by atoms with Gasteiger partial charge >= 0.3 is 0 Å². The Morgan fingerprint density at radius 1 is 1.44 bits per heavy atom. The summed E-state index contributed by atoms with van der Waals surface area (Å²) in [7, 11) is 0. The lowest BCUT2D eigenvalue weighted by Gasteiger charge is -2.31. The predicted octanol–water partition coefficient (Wildman–Crippen LogP) is 2.58. The molecule has 0 aromatic heterocycles. The van der Waals surface area contributed by atoms with Gasteiger partial charge < -0.3 is 10.0 Å². The molecule has 1 aromatic carbocycles. The molecule has 0 unspecified atom stereocenters. The largest absolute Gasteiger partial charge is 0.396 e. The number of likely N-dealkylation sites (tertiary alicyclic amines) is 1. The minimum atomic E-state index is 0.0363. The third kappa shape index (κ3) is 3.08. The average molecular weight is 330 g/mol. The van der Waals surface area contributed by atoms with Crippen LogP contribution >= 0.6 is 28.6 Å². The number of amides is 1. The van der Waals surface area contributed by atoms with E-state index < -0.39 is 0 Å². The quantitative estimate of drug-likeness (QED) is 0.819. The molecule has 0 spiro atoms. The molecule has 1 heterocycles. The fourth-order valence-corrected chi connectivity index (χ4v) is 2.79. The Balaban J connectivity index is 2.10. The second-order valence-corrected chi connectivity index (χ2v) is 5.95. The third-order valence-corrected chi connectivity index (χ3v) is 4.31. The molecule has 0 atom stereocenters. The molecule has 1 N–H and O–H groups in total. The van der Waals surface area contributed by atoms with Gasteiger partial charge in [0.25, 0.3) is 5.91 Å². The number of benzene rings is 1. The van der Waals surface area contributed by atoms with Crippen LogP contribution in [0.4, 0.5) is 0 Å². The van der Waals surface area contributed by atoms with E-state index in [0.29, 0.717) is 24.6 Å². The summed E-state index contributed by atoms with van der Waals surface area (Å²) in [6.07, 6.45) is 1.75. The Morgan fingerprint density at radius 3 is 2.72 bits per heavy atom. The van der Waals surface area contributed by atoms with E-state index in [-0.39, 0.29) is 12.5 Å². The van der Waals surface area contributed by atoms with Crippen LogP contribution in [0, 0.1) is 5.92 Å². The highest BCUT2D eigenvalue weighted by molar-refractivity contribution is 9.10. The van der Waals surface area contributed by atoms with E-state index in [1.54, 1.807) is 6.07 Å². The number of piperidine rings is 1. The van der Waals surface area contributed by atoms with E-state index in [9.17, 15) is 4.79 Å². The molecule has 0 bridgehead atoms. The molecule has 0 aliphatic carbocycles. The number of hydrogen-bond acceptors (Lipinski definition) is 3. The Labute approximate surface area is 121 Å². The number of carbonyl (C=O) groups is 1. The van der Waals surface area contributed by atoms with Crippen LogP contribution in [0.3, 0.4) is 0 Å². The number of rotatable bonds is 2. The molecule has 1 aliphatic rings. The van der Waals surface area contributed by atoms with Crippen molar-refractivity contribution in [3.05, 3.63) is 28.2 Å². The molecule has 18 heavy (non-hydrogen) atoms. The zero-order chi connectivity index (χ0) is 13.1. The second kappa shape index (κ2) is 6.08. The van der Waals surface area contributed by atoms with E-state index in [1.807, 2.05) is 17.0 Å². The number of halogens is 1.